The number of rotatable bonds is 3. The van der Waals surface area contributed by atoms with E-state index in [9.17, 15) is 8.42 Å². The largest absolute Gasteiger partial charge is 0.418 e. The van der Waals surface area contributed by atoms with Gasteiger partial charge in [0.1, 0.15) is 0 Å². The van der Waals surface area contributed by atoms with E-state index in [1.807, 2.05) is 30.3 Å². The minimum absolute atomic E-state index is 0.534. The first-order chi connectivity index (χ1) is 9.04. The monoisotopic (exact) mass is 277 g/mol. The maximum Gasteiger partial charge on any atom is 0.418 e. The Kier molecular flexibility index (Phi) is 2.78. The molecule has 2 N–H and O–H groups in total. The molecule has 2 aromatic rings. The van der Waals surface area contributed by atoms with Crippen LogP contribution in [0.5, 0.6) is 0 Å². The van der Waals surface area contributed by atoms with Gasteiger partial charge < -0.3 is 0 Å². The summed E-state index contributed by atoms with van der Waals surface area (Å²) in [5.74, 6) is 0. The highest BCUT2D eigenvalue weighted by molar-refractivity contribution is 7.80. The predicted octanol–water partition coefficient (Wildman–Crippen LogP) is 2.40. The Morgan fingerprint density at radius 1 is 1.05 bits per heavy atom. The van der Waals surface area contributed by atoms with Crippen LogP contribution in [0, 0.1) is 0 Å². The number of anilines is 1. The van der Waals surface area contributed by atoms with Crippen LogP contribution in [0.3, 0.4) is 0 Å². The van der Waals surface area contributed by atoms with Gasteiger partial charge >= 0.3 is 10.4 Å². The van der Waals surface area contributed by atoms with E-state index in [4.69, 9.17) is 4.55 Å². The van der Waals surface area contributed by atoms with Crippen molar-refractivity contribution in [3.05, 3.63) is 53.6 Å². The molecule has 0 unspecified atom stereocenters. The Morgan fingerprint density at radius 2 is 1.79 bits per heavy atom. The summed E-state index contributed by atoms with van der Waals surface area (Å²) in [6.45, 7) is 0. The number of fused-ring (bicyclic) bond motifs is 3. The summed E-state index contributed by atoms with van der Waals surface area (Å²) < 4.78 is 34.0. The molecule has 0 aliphatic heterocycles. The van der Waals surface area contributed by atoms with Crippen LogP contribution in [0.1, 0.15) is 11.1 Å². The zero-order valence-corrected chi connectivity index (χ0v) is 10.6. The fourth-order valence-electron chi connectivity index (χ4n) is 2.35. The molecule has 3 rings (SSSR count). The van der Waals surface area contributed by atoms with Gasteiger partial charge in [-0.3, -0.25) is 4.55 Å². The van der Waals surface area contributed by atoms with E-state index in [-0.39, 0.29) is 0 Å². The zero-order chi connectivity index (χ0) is 13.5. The van der Waals surface area contributed by atoms with Crippen LogP contribution in [0.25, 0.3) is 11.1 Å². The van der Waals surface area contributed by atoms with Crippen LogP contribution in [0.4, 0.5) is 5.69 Å². The number of nitrogens with one attached hydrogen (secondary N) is 1. The van der Waals surface area contributed by atoms with E-state index in [1.165, 1.54) is 5.56 Å². The van der Waals surface area contributed by atoms with Gasteiger partial charge in [0.2, 0.25) is 0 Å². The Morgan fingerprint density at radius 3 is 2.58 bits per heavy atom. The molecule has 0 atom stereocenters. The third-order valence-electron chi connectivity index (χ3n) is 3.11. The van der Waals surface area contributed by atoms with Crippen LogP contribution in [0.15, 0.2) is 42.5 Å². The van der Waals surface area contributed by atoms with Crippen LogP contribution >= 0.6 is 0 Å². The second kappa shape index (κ2) is 4.34. The van der Waals surface area contributed by atoms with Crippen LogP contribution in [0.2, 0.25) is 0 Å². The molecule has 0 amide bonds. The summed E-state index contributed by atoms with van der Waals surface area (Å²) >= 11 is 0. The smallest absolute Gasteiger partial charge is 0.262 e. The molecular formula is C13H11NO4S. The van der Waals surface area contributed by atoms with Gasteiger partial charge in [-0.05, 0) is 28.3 Å². The summed E-state index contributed by atoms with van der Waals surface area (Å²) in [5, 5.41) is 0. The molecule has 0 saturated carbocycles. The lowest BCUT2D eigenvalue weighted by molar-refractivity contribution is 0.320. The summed E-state index contributed by atoms with van der Waals surface area (Å²) in [6.07, 6.45) is 0.698. The van der Waals surface area contributed by atoms with E-state index in [1.54, 1.807) is 12.1 Å². The second-order valence-electron chi connectivity index (χ2n) is 4.28. The highest BCUT2D eigenvalue weighted by atomic mass is 32.3. The van der Waals surface area contributed by atoms with Gasteiger partial charge in [-0.25, -0.2) is 5.48 Å². The Hall–Kier alpha value is -1.89. The molecular weight excluding hydrogens is 266 g/mol. The molecule has 0 aromatic heterocycles. The predicted molar refractivity (Wildman–Crippen MR) is 70.9 cm³/mol. The number of hydrogen-bond acceptors (Lipinski definition) is 4. The van der Waals surface area contributed by atoms with Gasteiger partial charge in [0.25, 0.3) is 0 Å². The van der Waals surface area contributed by atoms with Gasteiger partial charge in [-0.2, -0.15) is 8.42 Å². The lowest BCUT2D eigenvalue weighted by Crippen LogP contribution is -2.10. The topological polar surface area (TPSA) is 75.6 Å². The van der Waals surface area contributed by atoms with E-state index >= 15 is 0 Å². The average Bonchev–Trinajstić information content (AvgIpc) is 2.74. The van der Waals surface area contributed by atoms with Crippen molar-refractivity contribution in [3.63, 3.8) is 0 Å². The Balaban J connectivity index is 1.99. The Labute approximate surface area is 110 Å². The fraction of sp³-hybridized carbons (Fsp3) is 0.0769. The summed E-state index contributed by atoms with van der Waals surface area (Å²) in [7, 11) is -4.52. The molecule has 1 aliphatic carbocycles. The third kappa shape index (κ3) is 2.33. The molecule has 0 saturated heterocycles. The first kappa shape index (κ1) is 12.2. The molecule has 98 valence electrons. The van der Waals surface area contributed by atoms with Gasteiger partial charge in [-0.15, -0.1) is 4.28 Å². The standard InChI is InChI=1S/C13H11NO4S/c15-19(16,17)18-14-13-7-3-6-11-10-5-2-1-4-9(10)8-12(11)13/h1-7,14H,8H2,(H,15,16,17). The van der Waals surface area contributed by atoms with Gasteiger partial charge in [0.15, 0.2) is 0 Å². The lowest BCUT2D eigenvalue weighted by Gasteiger charge is -2.09. The van der Waals surface area contributed by atoms with Crippen molar-refractivity contribution >= 4 is 16.1 Å². The minimum Gasteiger partial charge on any atom is -0.262 e. The highest BCUT2D eigenvalue weighted by Gasteiger charge is 2.21. The van der Waals surface area contributed by atoms with Crippen LogP contribution < -0.4 is 5.48 Å². The quantitative estimate of drug-likeness (QED) is 0.568. The first-order valence-electron chi connectivity index (χ1n) is 5.67. The summed E-state index contributed by atoms with van der Waals surface area (Å²) in [6, 6.07) is 13.5. The van der Waals surface area contributed by atoms with Crippen molar-refractivity contribution in [3.8, 4) is 11.1 Å². The molecule has 6 heteroatoms. The van der Waals surface area contributed by atoms with Crippen molar-refractivity contribution in [2.45, 2.75) is 6.42 Å². The molecule has 0 heterocycles. The highest BCUT2D eigenvalue weighted by Crippen LogP contribution is 2.39. The zero-order valence-electron chi connectivity index (χ0n) is 9.83. The molecule has 0 bridgehead atoms. The van der Waals surface area contributed by atoms with Crippen molar-refractivity contribution in [2.75, 3.05) is 5.48 Å². The molecule has 1 aliphatic rings. The van der Waals surface area contributed by atoms with E-state index in [2.05, 4.69) is 9.76 Å². The van der Waals surface area contributed by atoms with Crippen molar-refractivity contribution in [2.24, 2.45) is 0 Å². The van der Waals surface area contributed by atoms with Crippen LogP contribution in [-0.2, 0) is 21.1 Å². The van der Waals surface area contributed by atoms with Crippen molar-refractivity contribution < 1.29 is 17.3 Å². The normalized spacial score (nSPS) is 12.9. The maximum atomic E-state index is 10.6. The van der Waals surface area contributed by atoms with Gasteiger partial charge in [0, 0.05) is 6.42 Å². The molecule has 5 nitrogen and oxygen atoms in total. The summed E-state index contributed by atoms with van der Waals surface area (Å²) in [5.41, 5.74) is 7.12. The average molecular weight is 277 g/mol. The molecule has 2 aromatic carbocycles. The van der Waals surface area contributed by atoms with Crippen molar-refractivity contribution in [1.82, 2.24) is 0 Å². The summed E-state index contributed by atoms with van der Waals surface area (Å²) in [4.78, 5) is 0. The van der Waals surface area contributed by atoms with E-state index < -0.39 is 10.4 Å². The molecule has 0 fully saturated rings. The minimum atomic E-state index is -4.52. The van der Waals surface area contributed by atoms with Gasteiger partial charge in [0.05, 0.1) is 5.69 Å². The van der Waals surface area contributed by atoms with Crippen molar-refractivity contribution in [1.29, 1.82) is 0 Å². The first-order valence-corrected chi connectivity index (χ1v) is 7.03. The van der Waals surface area contributed by atoms with E-state index in [0.29, 0.717) is 12.1 Å². The van der Waals surface area contributed by atoms with Gasteiger partial charge in [-0.1, -0.05) is 36.4 Å². The van der Waals surface area contributed by atoms with E-state index in [0.717, 1.165) is 16.7 Å². The molecule has 0 radical (unpaired) electrons. The maximum absolute atomic E-state index is 10.6. The SMILES string of the molecule is O=S(=O)(O)ONc1cccc2c1Cc1ccccc1-2. The Bertz CT molecular complexity index is 740. The number of benzene rings is 2. The fourth-order valence-corrected chi connectivity index (χ4v) is 2.55. The molecule has 19 heavy (non-hydrogen) atoms. The molecule has 0 spiro atoms. The van der Waals surface area contributed by atoms with Crippen LogP contribution in [-0.4, -0.2) is 13.0 Å². The number of hydrogen-bond donors (Lipinski definition) is 2. The third-order valence-corrected chi connectivity index (χ3v) is 3.40. The second-order valence-corrected chi connectivity index (χ2v) is 5.30. The lowest BCUT2D eigenvalue weighted by atomic mass is 10.1.